The Labute approximate surface area is 131 Å². The molecule has 0 amide bonds. The van der Waals surface area contributed by atoms with Crippen LogP contribution in [0, 0.1) is 0 Å². The summed E-state index contributed by atoms with van der Waals surface area (Å²) in [4.78, 5) is 23.3. The quantitative estimate of drug-likeness (QED) is 0.596. The number of hydrogen-bond acceptors (Lipinski definition) is 2. The molecule has 8 heteroatoms. The first-order chi connectivity index (χ1) is 11.0. The van der Waals surface area contributed by atoms with Crippen LogP contribution in [0.4, 0.5) is 26.3 Å². The molecule has 0 heterocycles. The Morgan fingerprint density at radius 2 is 1.04 bits per heavy atom. The van der Waals surface area contributed by atoms with E-state index in [1.807, 2.05) is 0 Å². The molecule has 2 nitrogen and oxygen atoms in total. The van der Waals surface area contributed by atoms with Crippen LogP contribution in [0.3, 0.4) is 0 Å². The molecule has 126 valence electrons. The molecule has 2 aromatic carbocycles. The van der Waals surface area contributed by atoms with Gasteiger partial charge in [-0.1, -0.05) is 24.3 Å². The summed E-state index contributed by atoms with van der Waals surface area (Å²) in [7, 11) is 0. The van der Waals surface area contributed by atoms with Gasteiger partial charge in [-0.15, -0.1) is 0 Å². The molecule has 3 rings (SSSR count). The first-order valence-corrected chi connectivity index (χ1v) is 6.82. The molecule has 1 aliphatic carbocycles. The molecular weight excluding hydrogens is 338 g/mol. The van der Waals surface area contributed by atoms with Gasteiger partial charge in [0.2, 0.25) is 0 Å². The molecule has 0 saturated carbocycles. The number of benzene rings is 2. The van der Waals surface area contributed by atoms with E-state index in [4.69, 9.17) is 0 Å². The van der Waals surface area contributed by atoms with Crippen LogP contribution in [0.25, 0.3) is 10.8 Å². The highest BCUT2D eigenvalue weighted by Crippen LogP contribution is 2.39. The molecule has 0 fully saturated rings. The first kappa shape index (κ1) is 16.5. The lowest BCUT2D eigenvalue weighted by molar-refractivity contribution is -0.0885. The van der Waals surface area contributed by atoms with Crippen LogP contribution in [0.2, 0.25) is 0 Å². The van der Waals surface area contributed by atoms with Gasteiger partial charge < -0.3 is 0 Å². The predicted octanol–water partition coefficient (Wildman–Crippen LogP) is 4.43. The van der Waals surface area contributed by atoms with Crippen molar-refractivity contribution < 1.29 is 35.9 Å². The van der Waals surface area contributed by atoms with E-state index in [2.05, 4.69) is 0 Å². The Hall–Kier alpha value is -2.38. The minimum absolute atomic E-state index is 0.139. The van der Waals surface area contributed by atoms with Crippen LogP contribution < -0.4 is 0 Å². The summed E-state index contributed by atoms with van der Waals surface area (Å²) >= 11 is 0. The van der Waals surface area contributed by atoms with Crippen molar-refractivity contribution in [1.29, 1.82) is 0 Å². The minimum Gasteiger partial charge on any atom is -0.284 e. The van der Waals surface area contributed by atoms with E-state index in [-0.39, 0.29) is 5.39 Å². The zero-order valence-corrected chi connectivity index (χ0v) is 11.8. The van der Waals surface area contributed by atoms with Crippen molar-refractivity contribution in [2.45, 2.75) is 25.2 Å². The van der Waals surface area contributed by atoms with Crippen molar-refractivity contribution in [3.05, 3.63) is 46.5 Å². The van der Waals surface area contributed by atoms with E-state index in [0.29, 0.717) is 24.0 Å². The molecule has 0 spiro atoms. The molecule has 0 aromatic heterocycles. The average molecular weight is 346 g/mol. The smallest absolute Gasteiger partial charge is 0.284 e. The van der Waals surface area contributed by atoms with Crippen molar-refractivity contribution in [2.24, 2.45) is 0 Å². The second-order valence-electron chi connectivity index (χ2n) is 5.45. The third-order valence-electron chi connectivity index (χ3n) is 4.00. The van der Waals surface area contributed by atoms with E-state index >= 15 is 0 Å². The summed E-state index contributed by atoms with van der Waals surface area (Å²) in [5.74, 6) is -4.54. The van der Waals surface area contributed by atoms with Gasteiger partial charge in [-0.25, -0.2) is 0 Å². The Morgan fingerprint density at radius 3 is 1.38 bits per heavy atom. The topological polar surface area (TPSA) is 34.1 Å². The number of alkyl halides is 6. The summed E-state index contributed by atoms with van der Waals surface area (Å²) in [6, 6.07) is 4.27. The Bertz CT molecular complexity index is 808. The summed E-state index contributed by atoms with van der Waals surface area (Å²) in [6.07, 6.45) is -9.65. The number of aryl methyl sites for hydroxylation is 2. The SMILES string of the molecule is O=C(c1ccc2c3c(ccc(C(=O)C(F)(F)F)c13)CC2)C(F)(F)F. The normalized spacial score (nSPS) is 14.2. The summed E-state index contributed by atoms with van der Waals surface area (Å²) in [6.45, 7) is 0. The molecule has 0 atom stereocenters. The summed E-state index contributed by atoms with van der Waals surface area (Å²) in [5.41, 5.74) is -0.818. The van der Waals surface area contributed by atoms with Gasteiger partial charge in [0.1, 0.15) is 0 Å². The fourth-order valence-corrected chi connectivity index (χ4v) is 3.01. The highest BCUT2D eigenvalue weighted by atomic mass is 19.4. The Balaban J connectivity index is 2.39. The van der Waals surface area contributed by atoms with Gasteiger partial charge in [0.05, 0.1) is 0 Å². The molecule has 1 aliphatic rings. The second kappa shape index (κ2) is 5.06. The third kappa shape index (κ3) is 2.46. The van der Waals surface area contributed by atoms with E-state index in [0.717, 1.165) is 12.1 Å². The van der Waals surface area contributed by atoms with Crippen LogP contribution in [0.15, 0.2) is 24.3 Å². The lowest BCUT2D eigenvalue weighted by Crippen LogP contribution is -2.26. The van der Waals surface area contributed by atoms with Crippen molar-refractivity contribution in [3.63, 3.8) is 0 Å². The number of halogens is 6. The fourth-order valence-electron chi connectivity index (χ4n) is 3.01. The number of carbonyl (C=O) groups excluding carboxylic acids is 2. The first-order valence-electron chi connectivity index (χ1n) is 6.82. The lowest BCUT2D eigenvalue weighted by atomic mass is 9.91. The van der Waals surface area contributed by atoms with Crippen molar-refractivity contribution in [1.82, 2.24) is 0 Å². The average Bonchev–Trinajstić information content (AvgIpc) is 2.89. The van der Waals surface area contributed by atoms with Crippen molar-refractivity contribution in [3.8, 4) is 0 Å². The Kier molecular flexibility index (Phi) is 3.47. The third-order valence-corrected chi connectivity index (χ3v) is 4.00. The zero-order valence-electron chi connectivity index (χ0n) is 11.8. The van der Waals surface area contributed by atoms with E-state index in [9.17, 15) is 35.9 Å². The largest absolute Gasteiger partial charge is 0.454 e. The Morgan fingerprint density at radius 1 is 0.667 bits per heavy atom. The van der Waals surface area contributed by atoms with Gasteiger partial charge in [-0.3, -0.25) is 9.59 Å². The number of carbonyl (C=O) groups is 2. The fraction of sp³-hybridized carbons (Fsp3) is 0.250. The van der Waals surface area contributed by atoms with E-state index < -0.39 is 40.4 Å². The van der Waals surface area contributed by atoms with E-state index in [1.54, 1.807) is 0 Å². The molecule has 0 saturated heterocycles. The maximum atomic E-state index is 12.8. The highest BCUT2D eigenvalue weighted by Gasteiger charge is 2.44. The predicted molar refractivity (Wildman–Crippen MR) is 72.1 cm³/mol. The van der Waals surface area contributed by atoms with Gasteiger partial charge in [-0.05, 0) is 29.4 Å². The highest BCUT2D eigenvalue weighted by molar-refractivity contribution is 6.20. The minimum atomic E-state index is -5.25. The van der Waals surface area contributed by atoms with Crippen LogP contribution in [0.5, 0.6) is 0 Å². The summed E-state index contributed by atoms with van der Waals surface area (Å²) < 4.78 is 76.7. The van der Waals surface area contributed by atoms with Gasteiger partial charge in [0.15, 0.2) is 0 Å². The molecular formula is C16H8F6O2. The number of ketones is 2. The maximum absolute atomic E-state index is 12.8. The van der Waals surface area contributed by atoms with Gasteiger partial charge in [-0.2, -0.15) is 26.3 Å². The van der Waals surface area contributed by atoms with Gasteiger partial charge >= 0.3 is 12.4 Å². The van der Waals surface area contributed by atoms with Crippen LogP contribution >= 0.6 is 0 Å². The second-order valence-corrected chi connectivity index (χ2v) is 5.45. The number of hydrogen-bond donors (Lipinski definition) is 0. The lowest BCUT2D eigenvalue weighted by Gasteiger charge is -2.14. The molecule has 0 aliphatic heterocycles. The zero-order chi connectivity index (χ0) is 17.9. The molecule has 0 radical (unpaired) electrons. The molecule has 0 unspecified atom stereocenters. The monoisotopic (exact) mass is 346 g/mol. The maximum Gasteiger partial charge on any atom is 0.454 e. The molecule has 0 N–H and O–H groups in total. The van der Waals surface area contributed by atoms with Crippen LogP contribution in [0.1, 0.15) is 31.8 Å². The van der Waals surface area contributed by atoms with E-state index in [1.165, 1.54) is 12.1 Å². The van der Waals surface area contributed by atoms with Crippen molar-refractivity contribution >= 4 is 22.3 Å². The van der Waals surface area contributed by atoms with Crippen molar-refractivity contribution in [2.75, 3.05) is 0 Å². The molecule has 24 heavy (non-hydrogen) atoms. The van der Waals surface area contributed by atoms with Gasteiger partial charge in [0.25, 0.3) is 11.6 Å². The number of rotatable bonds is 2. The van der Waals surface area contributed by atoms with Crippen LogP contribution in [-0.4, -0.2) is 23.9 Å². The summed E-state index contributed by atoms with van der Waals surface area (Å²) in [5, 5.41) is -0.424. The van der Waals surface area contributed by atoms with Gasteiger partial charge in [0, 0.05) is 16.5 Å². The molecule has 2 aromatic rings. The standard InChI is InChI=1S/C16H8F6O2/c17-15(18,19)13(23)9-5-3-7-1-2-8-4-6-10(12(9)11(7)8)14(24)16(20,21)22/h3-6H,1-2H2. The van der Waals surface area contributed by atoms with Crippen LogP contribution in [-0.2, 0) is 12.8 Å². The molecule has 0 bridgehead atoms. The number of Topliss-reactive ketones (excluding diaryl/α,β-unsaturated/α-hetero) is 2.